The zero-order valence-electron chi connectivity index (χ0n) is 12.1. The van der Waals surface area contributed by atoms with E-state index in [0.717, 1.165) is 23.6 Å². The Balaban J connectivity index is 1.95. The van der Waals surface area contributed by atoms with Gasteiger partial charge in [0, 0.05) is 31.5 Å². The summed E-state index contributed by atoms with van der Waals surface area (Å²) in [4.78, 5) is 19.0. The van der Waals surface area contributed by atoms with Crippen molar-refractivity contribution in [2.75, 3.05) is 6.54 Å². The van der Waals surface area contributed by atoms with E-state index in [1.165, 1.54) is 22.2 Å². The van der Waals surface area contributed by atoms with Gasteiger partial charge in [-0.25, -0.2) is 0 Å². The van der Waals surface area contributed by atoms with Crippen LogP contribution in [0.5, 0.6) is 0 Å². The Labute approximate surface area is 132 Å². The molecule has 2 heterocycles. The van der Waals surface area contributed by atoms with Crippen LogP contribution in [0.2, 0.25) is 5.02 Å². The summed E-state index contributed by atoms with van der Waals surface area (Å²) in [5.74, 6) is -0.261. The number of rotatable bonds is 2. The van der Waals surface area contributed by atoms with E-state index >= 15 is 0 Å². The molecule has 3 rings (SSSR count). The Morgan fingerprint density at radius 3 is 2.86 bits per heavy atom. The van der Waals surface area contributed by atoms with Crippen molar-refractivity contribution in [3.05, 3.63) is 45.8 Å². The van der Waals surface area contributed by atoms with Crippen molar-refractivity contribution < 1.29 is 9.63 Å². The van der Waals surface area contributed by atoms with Gasteiger partial charge in [0.15, 0.2) is 9.75 Å². The van der Waals surface area contributed by atoms with Crippen LogP contribution in [0.4, 0.5) is 0 Å². The molecule has 1 atom stereocenters. The molecule has 3 nitrogen and oxygen atoms in total. The Kier molecular flexibility index (Phi) is 4.02. The minimum Gasteiger partial charge on any atom is -0.368 e. The van der Waals surface area contributed by atoms with Crippen LogP contribution in [0, 0.1) is 0 Å². The Hall–Kier alpha value is -1.36. The van der Waals surface area contributed by atoms with Crippen LogP contribution in [0.25, 0.3) is 10.4 Å². The van der Waals surface area contributed by atoms with Crippen molar-refractivity contribution in [2.45, 2.75) is 19.9 Å². The van der Waals surface area contributed by atoms with Crippen molar-refractivity contribution in [3.63, 3.8) is 0 Å². The molecule has 0 amide bonds. The molecule has 1 unspecified atom stereocenters. The lowest BCUT2D eigenvalue weighted by Crippen LogP contribution is -2.31. The second-order valence-electron chi connectivity index (χ2n) is 5.14. The third-order valence-corrected chi connectivity index (χ3v) is 6.23. The fourth-order valence-electron chi connectivity index (χ4n) is 2.76. The summed E-state index contributed by atoms with van der Waals surface area (Å²) in [6.07, 6.45) is 3.19. The third kappa shape index (κ3) is 2.84. The molecule has 0 bridgehead atoms. The maximum Gasteiger partial charge on any atom is 0.322 e. The number of hydrogen-bond donors (Lipinski definition) is 0. The topological polar surface area (TPSA) is 29.5 Å². The summed E-state index contributed by atoms with van der Waals surface area (Å²) in [6, 6.07) is 10.2. The smallest absolute Gasteiger partial charge is 0.322 e. The molecule has 0 saturated heterocycles. The monoisotopic (exact) mass is 322 g/mol. The summed E-state index contributed by atoms with van der Waals surface area (Å²) in [5, 5.41) is 2.53. The fourth-order valence-corrected chi connectivity index (χ4v) is 5.06. The standard InChI is InChI=1S/C16H17ClNO2S/c1-11(19)20-18-8-7-15-12(10-18)9-16(21(15)2)13-5-3-4-6-14(13)17/h3-6,9H,7-8,10H2,1-2H3/q+1. The normalized spacial score (nSPS) is 15.7. The zero-order valence-corrected chi connectivity index (χ0v) is 13.6. The van der Waals surface area contributed by atoms with E-state index in [4.69, 9.17) is 16.4 Å². The highest BCUT2D eigenvalue weighted by atomic mass is 35.5. The lowest BCUT2D eigenvalue weighted by atomic mass is 10.1. The van der Waals surface area contributed by atoms with Crippen LogP contribution < -0.4 is 0 Å². The number of thiophene rings is 1. The van der Waals surface area contributed by atoms with Crippen LogP contribution >= 0.6 is 22.1 Å². The summed E-state index contributed by atoms with van der Waals surface area (Å²) in [5.41, 5.74) is 2.38. The van der Waals surface area contributed by atoms with Crippen molar-refractivity contribution >= 4 is 28.0 Å². The number of hydroxylamine groups is 2. The van der Waals surface area contributed by atoms with Gasteiger partial charge in [-0.2, -0.15) is 0 Å². The van der Waals surface area contributed by atoms with E-state index in [9.17, 15) is 4.79 Å². The SMILES string of the molecule is CC(=O)ON1CCc2c(cc(-c3ccccc3Cl)[s+]2C)C1. The Bertz CT molecular complexity index is 696. The third-order valence-electron chi connectivity index (χ3n) is 3.69. The Morgan fingerprint density at radius 1 is 1.38 bits per heavy atom. The maximum atomic E-state index is 11.1. The molecule has 0 saturated carbocycles. The van der Waals surface area contributed by atoms with Crippen molar-refractivity contribution in [2.24, 2.45) is 6.26 Å². The average Bonchev–Trinajstić information content (AvgIpc) is 2.75. The molecule has 0 spiro atoms. The van der Waals surface area contributed by atoms with Gasteiger partial charge in [-0.15, -0.1) is 5.06 Å². The molecular formula is C16H17ClNO2S+. The number of halogens is 1. The highest BCUT2D eigenvalue weighted by Crippen LogP contribution is 2.43. The van der Waals surface area contributed by atoms with Gasteiger partial charge in [-0.05, 0) is 22.6 Å². The van der Waals surface area contributed by atoms with Crippen molar-refractivity contribution in [1.82, 2.24) is 5.06 Å². The summed E-state index contributed by atoms with van der Waals surface area (Å²) >= 11 is 6.33. The van der Waals surface area contributed by atoms with Gasteiger partial charge in [0.1, 0.15) is 6.26 Å². The first kappa shape index (κ1) is 14.6. The number of fused-ring (bicyclic) bond motifs is 1. The molecular weight excluding hydrogens is 306 g/mol. The van der Waals surface area contributed by atoms with E-state index in [1.807, 2.05) is 18.2 Å². The maximum absolute atomic E-state index is 11.1. The molecule has 1 aliphatic heterocycles. The molecule has 1 aromatic heterocycles. The van der Waals surface area contributed by atoms with Gasteiger partial charge in [0.2, 0.25) is 0 Å². The van der Waals surface area contributed by atoms with E-state index in [-0.39, 0.29) is 16.4 Å². The number of carbonyl (C=O) groups is 1. The first-order valence-corrected chi connectivity index (χ1v) is 8.85. The van der Waals surface area contributed by atoms with Crippen LogP contribution in [-0.2, 0) is 28.9 Å². The quantitative estimate of drug-likeness (QED) is 0.779. The number of benzene rings is 1. The highest BCUT2D eigenvalue weighted by molar-refractivity contribution is 7.33. The van der Waals surface area contributed by atoms with E-state index < -0.39 is 0 Å². The van der Waals surface area contributed by atoms with E-state index in [1.54, 1.807) is 5.06 Å². The minimum absolute atomic E-state index is 0.0731. The molecule has 1 aromatic carbocycles. The van der Waals surface area contributed by atoms with Gasteiger partial charge >= 0.3 is 5.97 Å². The predicted octanol–water partition coefficient (Wildman–Crippen LogP) is 4.13. The van der Waals surface area contributed by atoms with Gasteiger partial charge in [-0.3, -0.25) is 4.79 Å². The highest BCUT2D eigenvalue weighted by Gasteiger charge is 2.30. The lowest BCUT2D eigenvalue weighted by Gasteiger charge is -2.22. The number of hydrogen-bond acceptors (Lipinski definition) is 3. The lowest BCUT2D eigenvalue weighted by molar-refractivity contribution is -0.192. The molecule has 21 heavy (non-hydrogen) atoms. The second-order valence-corrected chi connectivity index (χ2v) is 7.50. The molecule has 0 N–H and O–H groups in total. The number of carbonyl (C=O) groups excluding carboxylic acids is 1. The van der Waals surface area contributed by atoms with Gasteiger partial charge < -0.3 is 4.84 Å². The average molecular weight is 323 g/mol. The zero-order chi connectivity index (χ0) is 15.0. The van der Waals surface area contributed by atoms with Gasteiger partial charge in [0.25, 0.3) is 0 Å². The summed E-state index contributed by atoms with van der Waals surface area (Å²) in [6.45, 7) is 2.87. The van der Waals surface area contributed by atoms with Crippen LogP contribution in [0.1, 0.15) is 17.4 Å². The van der Waals surface area contributed by atoms with Crippen LogP contribution in [0.15, 0.2) is 30.3 Å². The molecule has 0 radical (unpaired) electrons. The fraction of sp³-hybridized carbons (Fsp3) is 0.312. The second kappa shape index (κ2) is 5.79. The minimum atomic E-state index is -0.261. The Morgan fingerprint density at radius 2 is 2.14 bits per heavy atom. The molecule has 0 fully saturated rings. The first-order valence-electron chi connectivity index (χ1n) is 6.84. The van der Waals surface area contributed by atoms with Crippen molar-refractivity contribution in [1.29, 1.82) is 0 Å². The van der Waals surface area contributed by atoms with Gasteiger partial charge in [0.05, 0.1) is 17.1 Å². The predicted molar refractivity (Wildman–Crippen MR) is 86.2 cm³/mol. The summed E-state index contributed by atoms with van der Waals surface area (Å²) < 4.78 is 0. The summed E-state index contributed by atoms with van der Waals surface area (Å²) in [7, 11) is 0.0731. The largest absolute Gasteiger partial charge is 0.368 e. The molecule has 5 heteroatoms. The van der Waals surface area contributed by atoms with Gasteiger partial charge in [-0.1, -0.05) is 23.7 Å². The van der Waals surface area contributed by atoms with Crippen molar-refractivity contribution in [3.8, 4) is 10.4 Å². The van der Waals surface area contributed by atoms with Crippen LogP contribution in [-0.4, -0.2) is 17.6 Å². The molecule has 110 valence electrons. The molecule has 2 aromatic rings. The van der Waals surface area contributed by atoms with E-state index in [2.05, 4.69) is 18.4 Å². The molecule has 0 aliphatic carbocycles. The van der Waals surface area contributed by atoms with Crippen LogP contribution in [0.3, 0.4) is 0 Å². The van der Waals surface area contributed by atoms with E-state index in [0.29, 0.717) is 6.54 Å². The first-order chi connectivity index (χ1) is 10.1. The number of nitrogens with zero attached hydrogens (tertiary/aromatic N) is 1. The molecule has 1 aliphatic rings.